The lowest BCUT2D eigenvalue weighted by Gasteiger charge is -2.09. The van der Waals surface area contributed by atoms with Crippen LogP contribution in [-0.4, -0.2) is 26.9 Å². The van der Waals surface area contributed by atoms with Crippen molar-refractivity contribution < 1.29 is 23.4 Å². The Morgan fingerprint density at radius 2 is 2.25 bits per heavy atom. The van der Waals surface area contributed by atoms with E-state index in [1.165, 1.54) is 19.2 Å². The topological polar surface area (TPSA) is 95.9 Å². The van der Waals surface area contributed by atoms with Crippen LogP contribution in [0.15, 0.2) is 18.2 Å². The summed E-state index contributed by atoms with van der Waals surface area (Å²) in [6, 6.07) is 4.58. The molecule has 7 heteroatoms. The second kappa shape index (κ2) is 5.47. The van der Waals surface area contributed by atoms with Crippen LogP contribution in [0.25, 0.3) is 0 Å². The zero-order valence-corrected chi connectivity index (χ0v) is 9.28. The molecule has 0 amide bonds. The second-order valence-corrected chi connectivity index (χ2v) is 3.66. The first-order valence-corrected chi connectivity index (χ1v) is 5.40. The van der Waals surface area contributed by atoms with E-state index in [9.17, 15) is 9.00 Å². The maximum atomic E-state index is 10.6. The van der Waals surface area contributed by atoms with Crippen molar-refractivity contribution in [2.45, 2.75) is 6.42 Å². The van der Waals surface area contributed by atoms with Gasteiger partial charge in [-0.25, -0.2) is 4.21 Å². The number of anilines is 1. The maximum absolute atomic E-state index is 10.6. The van der Waals surface area contributed by atoms with Crippen LogP contribution in [0.2, 0.25) is 0 Å². The van der Waals surface area contributed by atoms with Crippen LogP contribution in [0.5, 0.6) is 5.75 Å². The second-order valence-electron chi connectivity index (χ2n) is 2.96. The number of methoxy groups -OCH3 is 1. The molecule has 0 saturated carbocycles. The maximum Gasteiger partial charge on any atom is 0.307 e. The molecule has 0 heterocycles. The molecule has 3 N–H and O–H groups in total. The highest BCUT2D eigenvalue weighted by Crippen LogP contribution is 2.25. The van der Waals surface area contributed by atoms with Crippen molar-refractivity contribution in [1.29, 1.82) is 0 Å². The standard InChI is InChI=1S/C9H11NO5S/c1-15-8-3-2-6(5-9(11)12)4-7(8)10-16(13)14/h2-4,10H,5H2,1H3,(H,11,12)(H,13,14). The van der Waals surface area contributed by atoms with Crippen LogP contribution < -0.4 is 9.46 Å². The van der Waals surface area contributed by atoms with Crippen molar-refractivity contribution >= 4 is 22.9 Å². The Kier molecular flexibility index (Phi) is 4.27. The molecule has 1 atom stereocenters. The summed E-state index contributed by atoms with van der Waals surface area (Å²) in [4.78, 5) is 10.5. The fourth-order valence-electron chi connectivity index (χ4n) is 1.21. The summed E-state index contributed by atoms with van der Waals surface area (Å²) in [5.41, 5.74) is 0.795. The number of carboxylic acid groups (broad SMARTS) is 1. The number of ether oxygens (including phenoxy) is 1. The fourth-order valence-corrected chi connectivity index (χ4v) is 1.56. The highest BCUT2D eigenvalue weighted by Gasteiger charge is 2.08. The molecule has 0 saturated heterocycles. The van der Waals surface area contributed by atoms with Crippen LogP contribution in [0.3, 0.4) is 0 Å². The normalized spacial score (nSPS) is 11.9. The third-order valence-corrected chi connectivity index (χ3v) is 2.21. The van der Waals surface area contributed by atoms with Crippen LogP contribution in [0.1, 0.15) is 5.56 Å². The van der Waals surface area contributed by atoms with Crippen molar-refractivity contribution in [3.63, 3.8) is 0 Å². The van der Waals surface area contributed by atoms with Gasteiger partial charge < -0.3 is 9.84 Å². The molecule has 0 aliphatic carbocycles. The summed E-state index contributed by atoms with van der Waals surface area (Å²) >= 11 is -2.23. The summed E-state index contributed by atoms with van der Waals surface area (Å²) in [5, 5.41) is 8.61. The van der Waals surface area contributed by atoms with E-state index in [0.29, 0.717) is 11.3 Å². The largest absolute Gasteiger partial charge is 0.495 e. The van der Waals surface area contributed by atoms with Gasteiger partial charge in [0.05, 0.1) is 19.2 Å². The lowest BCUT2D eigenvalue weighted by molar-refractivity contribution is -0.136. The number of hydrogen-bond acceptors (Lipinski definition) is 3. The van der Waals surface area contributed by atoms with E-state index >= 15 is 0 Å². The van der Waals surface area contributed by atoms with E-state index in [0.717, 1.165) is 0 Å². The Bertz CT molecular complexity index is 420. The van der Waals surface area contributed by atoms with Gasteiger partial charge in [0.1, 0.15) is 5.75 Å². The lowest BCUT2D eigenvalue weighted by Crippen LogP contribution is -2.06. The Morgan fingerprint density at radius 1 is 1.56 bits per heavy atom. The molecule has 16 heavy (non-hydrogen) atoms. The molecular weight excluding hydrogens is 234 g/mol. The highest BCUT2D eigenvalue weighted by atomic mass is 32.2. The van der Waals surface area contributed by atoms with E-state index in [1.807, 2.05) is 0 Å². The third-order valence-electron chi connectivity index (χ3n) is 1.82. The fraction of sp³-hybridized carbons (Fsp3) is 0.222. The van der Waals surface area contributed by atoms with Gasteiger partial charge in [-0.2, -0.15) is 0 Å². The molecule has 88 valence electrons. The predicted octanol–water partition coefficient (Wildman–Crippen LogP) is 0.871. The minimum atomic E-state index is -2.23. The van der Waals surface area contributed by atoms with Crippen LogP contribution in [0, 0.1) is 0 Å². The molecule has 0 aromatic heterocycles. The molecule has 0 fully saturated rings. The van der Waals surface area contributed by atoms with Crippen LogP contribution >= 0.6 is 0 Å². The summed E-state index contributed by atoms with van der Waals surface area (Å²) in [5.74, 6) is -0.599. The quantitative estimate of drug-likeness (QED) is 0.669. The first-order chi connectivity index (χ1) is 7.52. The average Bonchev–Trinajstić information content (AvgIpc) is 2.16. The number of carboxylic acids is 1. The monoisotopic (exact) mass is 245 g/mol. The van der Waals surface area contributed by atoms with E-state index in [4.69, 9.17) is 14.4 Å². The Labute approximate surface area is 94.7 Å². The van der Waals surface area contributed by atoms with Gasteiger partial charge in [0, 0.05) is 0 Å². The Morgan fingerprint density at radius 3 is 2.75 bits per heavy atom. The van der Waals surface area contributed by atoms with E-state index in [-0.39, 0.29) is 12.1 Å². The molecule has 1 rings (SSSR count). The molecule has 1 aromatic carbocycles. The van der Waals surface area contributed by atoms with Gasteiger partial charge in [-0.15, -0.1) is 0 Å². The highest BCUT2D eigenvalue weighted by molar-refractivity contribution is 7.80. The van der Waals surface area contributed by atoms with Gasteiger partial charge >= 0.3 is 5.97 Å². The number of nitrogens with one attached hydrogen (secondary N) is 1. The minimum absolute atomic E-state index is 0.156. The minimum Gasteiger partial charge on any atom is -0.495 e. The zero-order chi connectivity index (χ0) is 12.1. The van der Waals surface area contributed by atoms with Crippen LogP contribution in [-0.2, 0) is 22.5 Å². The molecule has 0 spiro atoms. The van der Waals surface area contributed by atoms with Crippen molar-refractivity contribution in [3.05, 3.63) is 23.8 Å². The first kappa shape index (κ1) is 12.5. The first-order valence-electron chi connectivity index (χ1n) is 4.29. The van der Waals surface area contributed by atoms with Crippen molar-refractivity contribution in [2.75, 3.05) is 11.8 Å². The zero-order valence-electron chi connectivity index (χ0n) is 8.47. The molecular formula is C9H11NO5S. The van der Waals surface area contributed by atoms with Gasteiger partial charge in [-0.05, 0) is 17.7 Å². The Hall–Kier alpha value is -1.60. The predicted molar refractivity (Wildman–Crippen MR) is 58.7 cm³/mol. The lowest BCUT2D eigenvalue weighted by atomic mass is 10.1. The molecule has 0 bridgehead atoms. The number of benzene rings is 1. The van der Waals surface area contributed by atoms with Gasteiger partial charge in [0.15, 0.2) is 0 Å². The summed E-state index contributed by atoms with van der Waals surface area (Å²) in [7, 11) is 1.41. The SMILES string of the molecule is COc1ccc(CC(=O)O)cc1NS(=O)O. The van der Waals surface area contributed by atoms with Gasteiger partial charge in [0.2, 0.25) is 0 Å². The number of hydrogen-bond donors (Lipinski definition) is 3. The van der Waals surface area contributed by atoms with Gasteiger partial charge in [-0.1, -0.05) is 6.07 Å². The number of rotatable bonds is 5. The molecule has 6 nitrogen and oxygen atoms in total. The van der Waals surface area contributed by atoms with E-state index in [1.54, 1.807) is 6.07 Å². The molecule has 0 aliphatic rings. The number of aliphatic carboxylic acids is 1. The number of carbonyl (C=O) groups is 1. The van der Waals surface area contributed by atoms with Crippen molar-refractivity contribution in [1.82, 2.24) is 0 Å². The molecule has 1 aromatic rings. The van der Waals surface area contributed by atoms with Crippen LogP contribution in [0.4, 0.5) is 5.69 Å². The van der Waals surface area contributed by atoms with Crippen molar-refractivity contribution in [3.8, 4) is 5.75 Å². The molecule has 0 radical (unpaired) electrons. The summed E-state index contributed by atoms with van der Waals surface area (Å²) in [6.45, 7) is 0. The molecule has 1 unspecified atom stereocenters. The smallest absolute Gasteiger partial charge is 0.307 e. The summed E-state index contributed by atoms with van der Waals surface area (Å²) < 4.78 is 26.5. The Balaban J connectivity index is 3.00. The van der Waals surface area contributed by atoms with Gasteiger partial charge in [-0.3, -0.25) is 14.1 Å². The summed E-state index contributed by atoms with van der Waals surface area (Å²) in [6.07, 6.45) is -0.156. The van der Waals surface area contributed by atoms with E-state index < -0.39 is 17.2 Å². The average molecular weight is 245 g/mol. The van der Waals surface area contributed by atoms with Crippen molar-refractivity contribution in [2.24, 2.45) is 0 Å². The third kappa shape index (κ3) is 3.52. The molecule has 0 aliphatic heterocycles. The van der Waals surface area contributed by atoms with Gasteiger partial charge in [0.25, 0.3) is 11.3 Å². The van der Waals surface area contributed by atoms with E-state index in [2.05, 4.69) is 4.72 Å².